The second-order valence-electron chi connectivity index (χ2n) is 3.29. The van der Waals surface area contributed by atoms with Gasteiger partial charge in [-0.15, -0.1) is 0 Å². The van der Waals surface area contributed by atoms with Crippen LogP contribution in [0.1, 0.15) is 25.6 Å². The van der Waals surface area contributed by atoms with E-state index in [2.05, 4.69) is 33.9 Å². The summed E-state index contributed by atoms with van der Waals surface area (Å²) in [4.78, 5) is 12.3. The zero-order valence-corrected chi connectivity index (χ0v) is 8.12. The second-order valence-corrected chi connectivity index (χ2v) is 3.29. The van der Waals surface area contributed by atoms with E-state index in [1.807, 2.05) is 0 Å². The molecule has 0 radical (unpaired) electrons. The van der Waals surface area contributed by atoms with Crippen molar-refractivity contribution in [3.63, 3.8) is 0 Å². The summed E-state index contributed by atoms with van der Waals surface area (Å²) in [6.07, 6.45) is 6.60. The minimum atomic E-state index is 0.347. The largest absolute Gasteiger partial charge is 0.239 e. The van der Waals surface area contributed by atoms with E-state index in [0.717, 1.165) is 11.5 Å². The van der Waals surface area contributed by atoms with Crippen molar-refractivity contribution in [1.29, 1.82) is 0 Å². The highest BCUT2D eigenvalue weighted by Crippen LogP contribution is 2.09. The van der Waals surface area contributed by atoms with E-state index >= 15 is 0 Å². The van der Waals surface area contributed by atoms with Crippen molar-refractivity contribution in [1.82, 2.24) is 24.7 Å². The molecule has 0 aliphatic heterocycles. The Morgan fingerprint density at radius 1 is 1.21 bits per heavy atom. The lowest BCUT2D eigenvalue weighted by Crippen LogP contribution is -2.01. The highest BCUT2D eigenvalue weighted by atomic mass is 15.3. The standard InChI is InChI=1S/C9H11N5/c1-7(2)9-11-3-8(4-12-9)14-6-10-5-13-14/h3-7H,1-2H3. The summed E-state index contributed by atoms with van der Waals surface area (Å²) in [5.74, 6) is 1.19. The van der Waals surface area contributed by atoms with Gasteiger partial charge in [-0.25, -0.2) is 19.6 Å². The summed E-state index contributed by atoms with van der Waals surface area (Å²) < 4.78 is 1.63. The van der Waals surface area contributed by atoms with E-state index in [0.29, 0.717) is 5.92 Å². The van der Waals surface area contributed by atoms with Gasteiger partial charge in [0.2, 0.25) is 0 Å². The van der Waals surface area contributed by atoms with Crippen molar-refractivity contribution < 1.29 is 0 Å². The fraction of sp³-hybridized carbons (Fsp3) is 0.333. The maximum atomic E-state index is 4.23. The molecule has 0 aliphatic rings. The van der Waals surface area contributed by atoms with Crippen LogP contribution in [0.4, 0.5) is 0 Å². The normalized spacial score (nSPS) is 10.8. The van der Waals surface area contributed by atoms with Crippen LogP contribution in [0, 0.1) is 0 Å². The molecule has 5 heteroatoms. The Balaban J connectivity index is 2.31. The van der Waals surface area contributed by atoms with Gasteiger partial charge >= 0.3 is 0 Å². The Morgan fingerprint density at radius 2 is 1.93 bits per heavy atom. The molecule has 0 saturated heterocycles. The van der Waals surface area contributed by atoms with Crippen LogP contribution in [0.2, 0.25) is 0 Å². The third-order valence-corrected chi connectivity index (χ3v) is 1.86. The molecule has 0 aromatic carbocycles. The third-order valence-electron chi connectivity index (χ3n) is 1.86. The summed E-state index contributed by atoms with van der Waals surface area (Å²) in [5, 5.41) is 3.99. The smallest absolute Gasteiger partial charge is 0.138 e. The fourth-order valence-corrected chi connectivity index (χ4v) is 1.09. The molecule has 0 saturated carbocycles. The number of rotatable bonds is 2. The van der Waals surface area contributed by atoms with Gasteiger partial charge in [0.15, 0.2) is 0 Å². The lowest BCUT2D eigenvalue weighted by Gasteiger charge is -2.03. The van der Waals surface area contributed by atoms with Gasteiger partial charge in [-0.05, 0) is 0 Å². The van der Waals surface area contributed by atoms with Crippen LogP contribution in [0.5, 0.6) is 0 Å². The molecule has 0 unspecified atom stereocenters. The molecule has 0 aliphatic carbocycles. The van der Waals surface area contributed by atoms with Crippen molar-refractivity contribution in [3.8, 4) is 5.69 Å². The summed E-state index contributed by atoms with van der Waals surface area (Å²) in [6.45, 7) is 4.12. The number of nitrogens with zero attached hydrogens (tertiary/aromatic N) is 5. The minimum absolute atomic E-state index is 0.347. The van der Waals surface area contributed by atoms with Crippen LogP contribution in [0.15, 0.2) is 25.0 Å². The predicted molar refractivity (Wildman–Crippen MR) is 51.0 cm³/mol. The first-order valence-corrected chi connectivity index (χ1v) is 4.44. The minimum Gasteiger partial charge on any atom is -0.239 e. The topological polar surface area (TPSA) is 56.5 Å². The monoisotopic (exact) mass is 189 g/mol. The van der Waals surface area contributed by atoms with Crippen LogP contribution in [0.3, 0.4) is 0 Å². The number of aromatic nitrogens is 5. The highest BCUT2D eigenvalue weighted by Gasteiger charge is 2.03. The van der Waals surface area contributed by atoms with Crippen molar-refractivity contribution in [2.24, 2.45) is 0 Å². The molecule has 0 amide bonds. The zero-order valence-electron chi connectivity index (χ0n) is 8.12. The van der Waals surface area contributed by atoms with Crippen molar-refractivity contribution in [3.05, 3.63) is 30.9 Å². The fourth-order valence-electron chi connectivity index (χ4n) is 1.09. The molecule has 5 nitrogen and oxygen atoms in total. The lowest BCUT2D eigenvalue weighted by atomic mass is 10.2. The molecule has 0 atom stereocenters. The van der Waals surface area contributed by atoms with E-state index in [9.17, 15) is 0 Å². The molecule has 2 aromatic rings. The maximum Gasteiger partial charge on any atom is 0.138 e. The molecule has 0 bridgehead atoms. The molecule has 2 heterocycles. The van der Waals surface area contributed by atoms with Crippen molar-refractivity contribution in [2.45, 2.75) is 19.8 Å². The molecule has 2 aromatic heterocycles. The van der Waals surface area contributed by atoms with Crippen LogP contribution >= 0.6 is 0 Å². The Hall–Kier alpha value is -1.78. The Bertz CT molecular complexity index is 390. The van der Waals surface area contributed by atoms with Crippen molar-refractivity contribution in [2.75, 3.05) is 0 Å². The van der Waals surface area contributed by atoms with E-state index in [1.54, 1.807) is 23.4 Å². The Labute approximate surface area is 81.8 Å². The average molecular weight is 189 g/mol. The molecule has 0 spiro atoms. The van der Waals surface area contributed by atoms with E-state index in [-0.39, 0.29) is 0 Å². The first-order chi connectivity index (χ1) is 6.77. The summed E-state index contributed by atoms with van der Waals surface area (Å²) in [6, 6.07) is 0. The van der Waals surface area contributed by atoms with Gasteiger partial charge in [-0.3, -0.25) is 0 Å². The number of hydrogen-bond donors (Lipinski definition) is 0. The maximum absolute atomic E-state index is 4.23. The molecule has 0 fully saturated rings. The molecular formula is C9H11N5. The summed E-state index contributed by atoms with van der Waals surface area (Å²) >= 11 is 0. The Kier molecular flexibility index (Phi) is 2.22. The SMILES string of the molecule is CC(C)c1ncc(-n2cncn2)cn1. The van der Waals surface area contributed by atoms with Gasteiger partial charge in [0, 0.05) is 5.92 Å². The zero-order chi connectivity index (χ0) is 9.97. The molecular weight excluding hydrogens is 178 g/mol. The van der Waals surface area contributed by atoms with Crippen LogP contribution in [0.25, 0.3) is 5.69 Å². The quantitative estimate of drug-likeness (QED) is 0.711. The van der Waals surface area contributed by atoms with Crippen LogP contribution < -0.4 is 0 Å². The van der Waals surface area contributed by atoms with E-state index in [4.69, 9.17) is 0 Å². The lowest BCUT2D eigenvalue weighted by molar-refractivity contribution is 0.761. The van der Waals surface area contributed by atoms with Gasteiger partial charge in [0.05, 0.1) is 12.4 Å². The number of hydrogen-bond acceptors (Lipinski definition) is 4. The predicted octanol–water partition coefficient (Wildman–Crippen LogP) is 1.18. The first kappa shape index (κ1) is 8.80. The molecule has 72 valence electrons. The Morgan fingerprint density at radius 3 is 2.43 bits per heavy atom. The second kappa shape index (κ2) is 3.53. The highest BCUT2D eigenvalue weighted by molar-refractivity contribution is 5.22. The summed E-state index contributed by atoms with van der Waals surface area (Å²) in [5.41, 5.74) is 0.826. The van der Waals surface area contributed by atoms with Gasteiger partial charge < -0.3 is 0 Å². The third kappa shape index (κ3) is 1.61. The molecule has 0 N–H and O–H groups in total. The van der Waals surface area contributed by atoms with Crippen LogP contribution in [-0.4, -0.2) is 24.7 Å². The first-order valence-electron chi connectivity index (χ1n) is 4.44. The van der Waals surface area contributed by atoms with Crippen LogP contribution in [-0.2, 0) is 0 Å². The van der Waals surface area contributed by atoms with Crippen molar-refractivity contribution >= 4 is 0 Å². The summed E-state index contributed by atoms with van der Waals surface area (Å²) in [7, 11) is 0. The average Bonchev–Trinajstić information content (AvgIpc) is 2.71. The molecule has 14 heavy (non-hydrogen) atoms. The van der Waals surface area contributed by atoms with E-state index in [1.165, 1.54) is 6.33 Å². The van der Waals surface area contributed by atoms with Gasteiger partial charge in [-0.1, -0.05) is 13.8 Å². The molecule has 2 rings (SSSR count). The van der Waals surface area contributed by atoms with Gasteiger partial charge in [0.1, 0.15) is 24.2 Å². The van der Waals surface area contributed by atoms with Gasteiger partial charge in [0.25, 0.3) is 0 Å². The van der Waals surface area contributed by atoms with Gasteiger partial charge in [-0.2, -0.15) is 5.10 Å². The van der Waals surface area contributed by atoms with E-state index < -0.39 is 0 Å².